The van der Waals surface area contributed by atoms with Crippen LogP contribution in [0.3, 0.4) is 0 Å². The van der Waals surface area contributed by atoms with Crippen LogP contribution in [0, 0.1) is 0 Å². The molecule has 2 unspecified atom stereocenters. The number of aliphatic hydroxyl groups is 2. The molecule has 0 fully saturated rings. The standard InChI is InChI=1S/C4H6O6.K.2Na.H3O4P/c5-1(3(7)8)2(6)4(9)10;;;;1-5(2,3)4/h1-2,5-6H,(H,7,8)(H,9,10);;;;(H3,1,2,3,4)/q;3*+1;/p-3. The average molecular weight is 330 g/mol. The van der Waals surface area contributed by atoms with Gasteiger partial charge in [0.25, 0.3) is 0 Å². The van der Waals surface area contributed by atoms with E-state index in [1.54, 1.807) is 0 Å². The SMILES string of the molecule is O=C([O-])C(O)C(O)C(=O)O.O=P([O-])([O-])O.[K+].[Na+].[Na+]. The molecule has 0 aliphatic carbocycles. The van der Waals surface area contributed by atoms with Gasteiger partial charge >= 0.3 is 116 Å². The molecule has 0 aromatic rings. The maximum Gasteiger partial charge on any atom is 1.00 e. The zero-order valence-corrected chi connectivity index (χ0v) is 17.9. The molecule has 0 aliphatic heterocycles. The molecule has 0 spiro atoms. The Bertz CT molecular complexity index is 255. The fourth-order valence-electron chi connectivity index (χ4n) is 0.264. The van der Waals surface area contributed by atoms with E-state index in [1.807, 2.05) is 0 Å². The van der Waals surface area contributed by atoms with Crippen molar-refractivity contribution in [1.29, 1.82) is 0 Å². The van der Waals surface area contributed by atoms with Crippen LogP contribution < -0.4 is 125 Å². The molecular formula is C4H6KNa2O10P. The number of hydrogen-bond acceptors (Lipinski definition) is 8. The number of phosphoric acid groups is 1. The zero-order valence-electron chi connectivity index (χ0n) is 9.84. The molecule has 0 heterocycles. The van der Waals surface area contributed by atoms with E-state index in [4.69, 9.17) is 34.6 Å². The summed E-state index contributed by atoms with van der Waals surface area (Å²) in [5.41, 5.74) is 0. The maximum absolute atomic E-state index is 9.74. The van der Waals surface area contributed by atoms with Gasteiger partial charge in [-0.15, -0.1) is 0 Å². The van der Waals surface area contributed by atoms with Crippen molar-refractivity contribution in [3.8, 4) is 0 Å². The minimum Gasteiger partial charge on any atom is -0.790 e. The smallest absolute Gasteiger partial charge is 0.790 e. The predicted octanol–water partition coefficient (Wildman–Crippen LogP) is -14.6. The first-order chi connectivity index (χ1) is 6.46. The topological polar surface area (TPSA) is 201 Å². The summed E-state index contributed by atoms with van der Waals surface area (Å²) in [6, 6.07) is 0. The first kappa shape index (κ1) is 32.5. The Hall–Kier alpha value is 2.61. The van der Waals surface area contributed by atoms with E-state index in [1.165, 1.54) is 0 Å². The first-order valence-electron chi connectivity index (χ1n) is 3.01. The number of carbonyl (C=O) groups excluding carboxylic acids is 1. The Kier molecular flexibility index (Phi) is 28.9. The summed E-state index contributed by atoms with van der Waals surface area (Å²) >= 11 is 0. The van der Waals surface area contributed by atoms with Crippen LogP contribution in [-0.4, -0.2) is 44.4 Å². The van der Waals surface area contributed by atoms with Gasteiger partial charge in [0.1, 0.15) is 6.10 Å². The van der Waals surface area contributed by atoms with Crippen LogP contribution in [-0.2, 0) is 14.2 Å². The van der Waals surface area contributed by atoms with Gasteiger partial charge < -0.3 is 44.5 Å². The molecule has 0 aromatic heterocycles. The molecule has 0 aliphatic rings. The van der Waals surface area contributed by atoms with Crippen molar-refractivity contribution in [2.75, 3.05) is 0 Å². The summed E-state index contributed by atoms with van der Waals surface area (Å²) in [5, 5.41) is 34.1. The van der Waals surface area contributed by atoms with Crippen molar-refractivity contribution in [1.82, 2.24) is 0 Å². The molecule has 0 rings (SSSR count). The van der Waals surface area contributed by atoms with Crippen LogP contribution in [0.2, 0.25) is 0 Å². The third-order valence-corrected chi connectivity index (χ3v) is 0.794. The molecule has 90 valence electrons. The van der Waals surface area contributed by atoms with Crippen molar-refractivity contribution in [2.45, 2.75) is 12.2 Å². The molecule has 0 radical (unpaired) electrons. The second-order valence-electron chi connectivity index (χ2n) is 2.02. The molecule has 14 heteroatoms. The molecule has 0 bridgehead atoms. The minimum absolute atomic E-state index is 0. The summed E-state index contributed by atoms with van der Waals surface area (Å²) in [5.74, 6) is -3.83. The van der Waals surface area contributed by atoms with Gasteiger partial charge in [0, 0.05) is 0 Å². The van der Waals surface area contributed by atoms with Gasteiger partial charge in [-0.2, -0.15) is 0 Å². The Morgan fingerprint density at radius 2 is 1.28 bits per heavy atom. The molecule has 0 amide bonds. The average Bonchev–Trinajstić information content (AvgIpc) is 1.98. The molecule has 10 nitrogen and oxygen atoms in total. The second kappa shape index (κ2) is 16.0. The molecule has 2 atom stereocenters. The minimum atomic E-state index is -5.14. The van der Waals surface area contributed by atoms with Crippen LogP contribution in [0.5, 0.6) is 0 Å². The number of rotatable bonds is 3. The monoisotopic (exact) mass is 330 g/mol. The van der Waals surface area contributed by atoms with E-state index < -0.39 is 32.0 Å². The summed E-state index contributed by atoms with van der Waals surface area (Å²) in [4.78, 5) is 43.7. The predicted molar refractivity (Wildman–Crippen MR) is 34.5 cm³/mol. The van der Waals surface area contributed by atoms with E-state index in [9.17, 15) is 14.7 Å². The Morgan fingerprint density at radius 3 is 1.33 bits per heavy atom. The summed E-state index contributed by atoms with van der Waals surface area (Å²) in [6.07, 6.45) is -4.71. The quantitative estimate of drug-likeness (QED) is 0.284. The Labute approximate surface area is 188 Å². The van der Waals surface area contributed by atoms with Crippen LogP contribution in [0.25, 0.3) is 0 Å². The molecule has 18 heavy (non-hydrogen) atoms. The van der Waals surface area contributed by atoms with E-state index in [0.29, 0.717) is 0 Å². The fraction of sp³-hybridized carbons (Fsp3) is 0.500. The van der Waals surface area contributed by atoms with Crippen LogP contribution in [0.15, 0.2) is 0 Å². The van der Waals surface area contributed by atoms with Crippen LogP contribution in [0.1, 0.15) is 0 Å². The van der Waals surface area contributed by atoms with Crippen molar-refractivity contribution in [3.05, 3.63) is 0 Å². The number of carboxylic acids is 2. The van der Waals surface area contributed by atoms with Gasteiger partial charge in [0.05, 0.1) is 13.8 Å². The number of carbonyl (C=O) groups is 2. The van der Waals surface area contributed by atoms with E-state index in [-0.39, 0.29) is 110 Å². The maximum atomic E-state index is 9.74. The number of hydrogen-bond donors (Lipinski definition) is 4. The Morgan fingerprint density at radius 1 is 1.06 bits per heavy atom. The molecular weight excluding hydrogens is 324 g/mol. The fourth-order valence-corrected chi connectivity index (χ4v) is 0.264. The Balaban J connectivity index is -0.0000000621. The third kappa shape index (κ3) is 27.0. The molecule has 4 N–H and O–H groups in total. The van der Waals surface area contributed by atoms with E-state index in [2.05, 4.69) is 0 Å². The van der Waals surface area contributed by atoms with Gasteiger partial charge in [-0.05, 0) is 0 Å². The van der Waals surface area contributed by atoms with Crippen LogP contribution >= 0.6 is 7.82 Å². The number of carboxylic acid groups (broad SMARTS) is 2. The summed E-state index contributed by atoms with van der Waals surface area (Å²) in [7, 11) is -5.14. The number of aliphatic hydroxyl groups excluding tert-OH is 2. The summed E-state index contributed by atoms with van der Waals surface area (Å²) < 4.78 is 8.66. The third-order valence-electron chi connectivity index (χ3n) is 0.794. The normalized spacial score (nSPS) is 12.1. The van der Waals surface area contributed by atoms with Crippen LogP contribution in [0.4, 0.5) is 0 Å². The van der Waals surface area contributed by atoms with Gasteiger partial charge in [0.15, 0.2) is 6.10 Å². The van der Waals surface area contributed by atoms with Gasteiger partial charge in [-0.3, -0.25) is 0 Å². The first-order valence-corrected chi connectivity index (χ1v) is 4.51. The van der Waals surface area contributed by atoms with E-state index >= 15 is 0 Å². The molecule has 0 saturated heterocycles. The van der Waals surface area contributed by atoms with Crippen molar-refractivity contribution >= 4 is 19.8 Å². The van der Waals surface area contributed by atoms with Gasteiger partial charge in [0.2, 0.25) is 0 Å². The molecule has 0 aromatic carbocycles. The van der Waals surface area contributed by atoms with Crippen molar-refractivity contribution in [3.63, 3.8) is 0 Å². The zero-order chi connectivity index (χ0) is 12.8. The van der Waals surface area contributed by atoms with Crippen molar-refractivity contribution < 1.29 is 160 Å². The van der Waals surface area contributed by atoms with Gasteiger partial charge in [-0.1, -0.05) is 0 Å². The number of aliphatic carboxylic acids is 2. The second-order valence-corrected chi connectivity index (χ2v) is 2.95. The summed E-state index contributed by atoms with van der Waals surface area (Å²) in [6.45, 7) is 0. The largest absolute Gasteiger partial charge is 1.00 e. The van der Waals surface area contributed by atoms with E-state index in [0.717, 1.165) is 0 Å². The molecule has 0 saturated carbocycles. The van der Waals surface area contributed by atoms with Gasteiger partial charge in [-0.25, -0.2) is 4.79 Å². The van der Waals surface area contributed by atoms with Crippen molar-refractivity contribution in [2.24, 2.45) is 0 Å².